The van der Waals surface area contributed by atoms with Crippen molar-refractivity contribution in [1.29, 1.82) is 0 Å². The molecule has 0 unspecified atom stereocenters. The van der Waals surface area contributed by atoms with Gasteiger partial charge in [0.15, 0.2) is 0 Å². The number of nitrogens with zero attached hydrogens (tertiary/aromatic N) is 1. The highest BCUT2D eigenvalue weighted by Crippen LogP contribution is 2.19. The first-order valence-corrected chi connectivity index (χ1v) is 5.37. The topological polar surface area (TPSA) is 28.7 Å². The van der Waals surface area contributed by atoms with E-state index in [2.05, 4.69) is 46.5 Å². The highest BCUT2D eigenvalue weighted by atomic mass is 14.7. The monoisotopic (exact) mass is 208 g/mol. The zero-order valence-corrected chi connectivity index (χ0v) is 8.85. The van der Waals surface area contributed by atoms with Crippen molar-refractivity contribution in [3.8, 4) is 0 Å². The van der Waals surface area contributed by atoms with Gasteiger partial charge in [0, 0.05) is 17.8 Å². The lowest BCUT2D eigenvalue weighted by atomic mass is 10.1. The van der Waals surface area contributed by atoms with Gasteiger partial charge in [0.25, 0.3) is 0 Å². The first kappa shape index (κ1) is 9.16. The molecule has 0 saturated carbocycles. The fourth-order valence-electron chi connectivity index (χ4n) is 1.99. The summed E-state index contributed by atoms with van der Waals surface area (Å²) >= 11 is 0. The second-order valence-corrected chi connectivity index (χ2v) is 3.90. The summed E-state index contributed by atoms with van der Waals surface area (Å²) in [4.78, 5) is 7.35. The Morgan fingerprint density at radius 3 is 2.81 bits per heavy atom. The lowest BCUT2D eigenvalue weighted by molar-refractivity contribution is 1.21. The second-order valence-electron chi connectivity index (χ2n) is 3.90. The van der Waals surface area contributed by atoms with Gasteiger partial charge in [0.1, 0.15) is 0 Å². The molecule has 2 heterocycles. The quantitative estimate of drug-likeness (QED) is 0.688. The summed E-state index contributed by atoms with van der Waals surface area (Å²) in [6.45, 7) is 0. The third-order valence-corrected chi connectivity index (χ3v) is 2.81. The Bertz CT molecular complexity index is 596. The highest BCUT2D eigenvalue weighted by Gasteiger charge is 2.03. The molecule has 0 radical (unpaired) electrons. The molecule has 0 atom stereocenters. The summed E-state index contributed by atoms with van der Waals surface area (Å²) in [5.41, 5.74) is 3.76. The van der Waals surface area contributed by atoms with E-state index in [0.29, 0.717) is 0 Å². The molecule has 0 aliphatic carbocycles. The standard InChI is InChI=1S/C14H12N2/c1-2-4-11(5-3-1)8-12-9-16-14-10-15-7-6-13(12)14/h1-7,9-10,16H,8H2. The van der Waals surface area contributed by atoms with E-state index >= 15 is 0 Å². The molecule has 0 bridgehead atoms. The molecule has 2 aromatic heterocycles. The number of hydrogen-bond donors (Lipinski definition) is 1. The first-order chi connectivity index (χ1) is 7.93. The number of pyridine rings is 1. The Kier molecular flexibility index (Phi) is 2.18. The van der Waals surface area contributed by atoms with Crippen LogP contribution >= 0.6 is 0 Å². The van der Waals surface area contributed by atoms with Crippen LogP contribution in [0.4, 0.5) is 0 Å². The van der Waals surface area contributed by atoms with Crippen molar-refractivity contribution in [3.63, 3.8) is 0 Å². The van der Waals surface area contributed by atoms with Gasteiger partial charge in [0.2, 0.25) is 0 Å². The van der Waals surface area contributed by atoms with Crippen LogP contribution in [0.5, 0.6) is 0 Å². The van der Waals surface area contributed by atoms with Gasteiger partial charge in [-0.15, -0.1) is 0 Å². The smallest absolute Gasteiger partial charge is 0.0643 e. The van der Waals surface area contributed by atoms with Crippen LogP contribution in [0.1, 0.15) is 11.1 Å². The molecule has 3 aromatic rings. The second kappa shape index (κ2) is 3.81. The van der Waals surface area contributed by atoms with Gasteiger partial charge in [-0.25, -0.2) is 0 Å². The maximum atomic E-state index is 4.10. The molecule has 0 fully saturated rings. The molecular formula is C14H12N2. The summed E-state index contributed by atoms with van der Waals surface area (Å²) in [5.74, 6) is 0. The molecule has 0 aliphatic rings. The zero-order valence-electron chi connectivity index (χ0n) is 8.85. The summed E-state index contributed by atoms with van der Waals surface area (Å²) in [6.07, 6.45) is 6.73. The zero-order chi connectivity index (χ0) is 10.8. The molecule has 0 spiro atoms. The molecule has 1 aromatic carbocycles. The Morgan fingerprint density at radius 1 is 1.06 bits per heavy atom. The fraction of sp³-hybridized carbons (Fsp3) is 0.0714. The van der Waals surface area contributed by atoms with Gasteiger partial charge in [-0.1, -0.05) is 30.3 Å². The fourth-order valence-corrected chi connectivity index (χ4v) is 1.99. The van der Waals surface area contributed by atoms with Crippen molar-refractivity contribution in [3.05, 3.63) is 66.1 Å². The number of hydrogen-bond acceptors (Lipinski definition) is 1. The van der Waals surface area contributed by atoms with E-state index in [1.165, 1.54) is 16.5 Å². The maximum Gasteiger partial charge on any atom is 0.0643 e. The lowest BCUT2D eigenvalue weighted by Crippen LogP contribution is -1.85. The van der Waals surface area contributed by atoms with Crippen molar-refractivity contribution in [2.24, 2.45) is 0 Å². The molecule has 1 N–H and O–H groups in total. The predicted octanol–water partition coefficient (Wildman–Crippen LogP) is 3.15. The third-order valence-electron chi connectivity index (χ3n) is 2.81. The SMILES string of the molecule is c1ccc(Cc2c[nH]c3cnccc23)cc1. The van der Waals surface area contributed by atoms with E-state index in [-0.39, 0.29) is 0 Å². The van der Waals surface area contributed by atoms with Gasteiger partial charge in [0.05, 0.1) is 11.7 Å². The van der Waals surface area contributed by atoms with E-state index in [9.17, 15) is 0 Å². The molecule has 78 valence electrons. The van der Waals surface area contributed by atoms with Crippen LogP contribution in [-0.2, 0) is 6.42 Å². The van der Waals surface area contributed by atoms with Crippen molar-refractivity contribution in [1.82, 2.24) is 9.97 Å². The minimum absolute atomic E-state index is 0.963. The maximum absolute atomic E-state index is 4.10. The number of aromatic nitrogens is 2. The van der Waals surface area contributed by atoms with E-state index in [4.69, 9.17) is 0 Å². The van der Waals surface area contributed by atoms with Gasteiger partial charge in [-0.05, 0) is 23.6 Å². The van der Waals surface area contributed by atoms with E-state index in [1.807, 2.05) is 18.5 Å². The predicted molar refractivity (Wildman–Crippen MR) is 65.3 cm³/mol. The first-order valence-electron chi connectivity index (χ1n) is 5.37. The van der Waals surface area contributed by atoms with Crippen LogP contribution in [-0.4, -0.2) is 9.97 Å². The molecular weight excluding hydrogens is 196 g/mol. The van der Waals surface area contributed by atoms with Crippen LogP contribution in [0.3, 0.4) is 0 Å². The molecule has 0 aliphatic heterocycles. The van der Waals surface area contributed by atoms with Crippen LogP contribution in [0.25, 0.3) is 10.9 Å². The van der Waals surface area contributed by atoms with Gasteiger partial charge >= 0.3 is 0 Å². The van der Waals surface area contributed by atoms with Crippen LogP contribution in [0, 0.1) is 0 Å². The highest BCUT2D eigenvalue weighted by molar-refractivity contribution is 5.82. The summed E-state index contributed by atoms with van der Waals surface area (Å²) in [7, 11) is 0. The third kappa shape index (κ3) is 1.58. The molecule has 0 amide bonds. The van der Waals surface area contributed by atoms with E-state index in [1.54, 1.807) is 0 Å². The molecule has 0 saturated heterocycles. The number of H-pyrrole nitrogens is 1. The van der Waals surface area contributed by atoms with Gasteiger partial charge in [-0.3, -0.25) is 4.98 Å². The van der Waals surface area contributed by atoms with Crippen molar-refractivity contribution < 1.29 is 0 Å². The van der Waals surface area contributed by atoms with E-state index < -0.39 is 0 Å². The van der Waals surface area contributed by atoms with Crippen molar-refractivity contribution in [2.45, 2.75) is 6.42 Å². The number of benzene rings is 1. The average molecular weight is 208 g/mol. The van der Waals surface area contributed by atoms with Crippen molar-refractivity contribution >= 4 is 10.9 Å². The van der Waals surface area contributed by atoms with Gasteiger partial charge < -0.3 is 4.98 Å². The minimum atomic E-state index is 0.963. The summed E-state index contributed by atoms with van der Waals surface area (Å²) < 4.78 is 0. The van der Waals surface area contributed by atoms with Crippen LogP contribution < -0.4 is 0 Å². The number of rotatable bonds is 2. The molecule has 16 heavy (non-hydrogen) atoms. The molecule has 3 rings (SSSR count). The normalized spacial score (nSPS) is 10.8. The van der Waals surface area contributed by atoms with E-state index in [0.717, 1.165) is 11.9 Å². The number of nitrogens with one attached hydrogen (secondary N) is 1. The summed E-state index contributed by atoms with van der Waals surface area (Å²) in [6, 6.07) is 12.6. The van der Waals surface area contributed by atoms with Crippen LogP contribution in [0.2, 0.25) is 0 Å². The van der Waals surface area contributed by atoms with Crippen molar-refractivity contribution in [2.75, 3.05) is 0 Å². The Hall–Kier alpha value is -2.09. The van der Waals surface area contributed by atoms with Crippen LogP contribution in [0.15, 0.2) is 55.0 Å². The van der Waals surface area contributed by atoms with Gasteiger partial charge in [-0.2, -0.15) is 0 Å². The Morgan fingerprint density at radius 2 is 1.94 bits per heavy atom. The average Bonchev–Trinajstić information content (AvgIpc) is 2.74. The number of aromatic amines is 1. The number of fused-ring (bicyclic) bond motifs is 1. The molecule has 2 heteroatoms. The lowest BCUT2D eigenvalue weighted by Gasteiger charge is -1.99. The minimum Gasteiger partial charge on any atom is -0.360 e. The molecule has 2 nitrogen and oxygen atoms in total. The summed E-state index contributed by atoms with van der Waals surface area (Å²) in [5, 5.41) is 1.26. The Balaban J connectivity index is 2.01. The Labute approximate surface area is 94.0 Å². The largest absolute Gasteiger partial charge is 0.360 e.